The van der Waals surface area contributed by atoms with Crippen molar-refractivity contribution in [1.29, 1.82) is 1.28 Å². The van der Waals surface area contributed by atoms with Gasteiger partial charge in [0.1, 0.15) is 9.22 Å². The third-order valence-electron chi connectivity index (χ3n) is 6.06. The molecule has 0 aromatic carbocycles. The summed E-state index contributed by atoms with van der Waals surface area (Å²) in [5.74, 6) is 1.62. The van der Waals surface area contributed by atoms with Gasteiger partial charge in [0, 0.05) is 39.5 Å². The molecule has 0 heterocycles. The van der Waals surface area contributed by atoms with Crippen LogP contribution in [-0.2, 0) is 30.1 Å². The summed E-state index contributed by atoms with van der Waals surface area (Å²) in [5, 5.41) is 19.8. The number of aliphatic hydroxyl groups is 2. The van der Waals surface area contributed by atoms with E-state index in [2.05, 4.69) is 34.0 Å². The second-order valence-corrected chi connectivity index (χ2v) is 8.67. The molecular formula is C17H33O4PW. The number of hydrogen-bond acceptors (Lipinski definition) is 4. The second-order valence-electron chi connectivity index (χ2n) is 7.54. The van der Waals surface area contributed by atoms with Crippen LogP contribution < -0.4 is 0 Å². The molecule has 2 rings (SSSR count). The Balaban J connectivity index is 0.00000288. The van der Waals surface area contributed by atoms with Crippen LogP contribution in [0.2, 0.25) is 0 Å². The van der Waals surface area contributed by atoms with E-state index >= 15 is 0 Å². The maximum Gasteiger partial charge on any atom is 0.116 e. The van der Waals surface area contributed by atoms with E-state index in [0.717, 1.165) is 12.8 Å². The van der Waals surface area contributed by atoms with Gasteiger partial charge < -0.3 is 19.3 Å². The van der Waals surface area contributed by atoms with Crippen molar-refractivity contribution in [3.63, 3.8) is 0 Å². The molecule has 2 aliphatic rings. The molecule has 0 aromatic heterocycles. The van der Waals surface area contributed by atoms with Crippen LogP contribution >= 0.6 is 7.94 Å². The summed E-state index contributed by atoms with van der Waals surface area (Å²) in [5.41, 5.74) is 0. The van der Waals surface area contributed by atoms with Crippen LogP contribution in [0, 0.1) is 35.5 Å². The SMILES string of the molecule is [3H]P(=C)(OCC1CC(C)C(C)C1O)OC1C(CO)CC(C)C1C.[W]. The zero-order valence-electron chi connectivity index (χ0n) is 15.7. The normalized spacial score (nSPS) is 47.0. The predicted octanol–water partition coefficient (Wildman–Crippen LogP) is 2.80. The van der Waals surface area contributed by atoms with Gasteiger partial charge in [-0.05, 0) is 36.5 Å². The Kier molecular flexibility index (Phi) is 8.32. The molecule has 6 heteroatoms. The molecule has 2 fully saturated rings. The summed E-state index contributed by atoms with van der Waals surface area (Å²) in [6, 6.07) is 0. The van der Waals surface area contributed by atoms with E-state index < -0.39 is 7.94 Å². The molecule has 9 atom stereocenters. The van der Waals surface area contributed by atoms with Crippen LogP contribution in [0.1, 0.15) is 40.5 Å². The van der Waals surface area contributed by atoms with Crippen molar-refractivity contribution >= 4 is 14.2 Å². The van der Waals surface area contributed by atoms with Crippen LogP contribution in [0.15, 0.2) is 0 Å². The van der Waals surface area contributed by atoms with Crippen LogP contribution in [0.25, 0.3) is 0 Å². The minimum absolute atomic E-state index is 0. The van der Waals surface area contributed by atoms with Gasteiger partial charge in [-0.1, -0.05) is 34.0 Å². The molecular weight excluding hydrogens is 483 g/mol. The number of hydrogen-bond donors (Lipinski definition) is 2. The summed E-state index contributed by atoms with van der Waals surface area (Å²) in [6.07, 6.45) is 5.15. The molecule has 0 radical (unpaired) electrons. The van der Waals surface area contributed by atoms with Crippen LogP contribution in [0.4, 0.5) is 0 Å². The minimum Gasteiger partial charge on any atom is -0.396 e. The Hall–Kier alpha value is 0.828. The summed E-state index contributed by atoms with van der Waals surface area (Å²) < 4.78 is 20.0. The molecule has 2 saturated carbocycles. The van der Waals surface area contributed by atoms with Crippen molar-refractivity contribution in [2.75, 3.05) is 13.2 Å². The van der Waals surface area contributed by atoms with Gasteiger partial charge in [0.05, 0.1) is 18.8 Å². The Morgan fingerprint density at radius 1 is 1.13 bits per heavy atom. The molecule has 0 aliphatic heterocycles. The number of aliphatic hydroxyl groups excluding tert-OH is 2. The van der Waals surface area contributed by atoms with Gasteiger partial charge in [0.15, 0.2) is 0 Å². The first-order chi connectivity index (χ1) is 10.7. The van der Waals surface area contributed by atoms with Gasteiger partial charge >= 0.3 is 0 Å². The maximum absolute atomic E-state index is 10.2. The van der Waals surface area contributed by atoms with E-state index in [1.807, 2.05) is 0 Å². The van der Waals surface area contributed by atoms with E-state index in [9.17, 15) is 10.2 Å². The average Bonchev–Trinajstić information content (AvgIpc) is 2.89. The zero-order valence-corrected chi connectivity index (χ0v) is 18.5. The van der Waals surface area contributed by atoms with Crippen LogP contribution in [0.5, 0.6) is 0 Å². The smallest absolute Gasteiger partial charge is 0.116 e. The van der Waals surface area contributed by atoms with Crippen molar-refractivity contribution < 1.29 is 40.3 Å². The molecule has 2 N–H and O–H groups in total. The van der Waals surface area contributed by atoms with Crippen molar-refractivity contribution in [2.24, 2.45) is 35.5 Å². The van der Waals surface area contributed by atoms with E-state index in [-0.39, 0.29) is 57.6 Å². The van der Waals surface area contributed by atoms with E-state index in [4.69, 9.17) is 10.3 Å². The van der Waals surface area contributed by atoms with Crippen molar-refractivity contribution in [1.82, 2.24) is 0 Å². The first-order valence-electron chi connectivity index (χ1n) is 8.99. The van der Waals surface area contributed by atoms with Gasteiger partial charge in [-0.25, -0.2) is 0 Å². The average molecular weight is 518 g/mol. The van der Waals surface area contributed by atoms with Crippen LogP contribution in [0.3, 0.4) is 0 Å². The second kappa shape index (κ2) is 9.51. The molecule has 0 saturated heterocycles. The molecule has 2 aliphatic carbocycles. The summed E-state index contributed by atoms with van der Waals surface area (Å²) in [6.45, 7) is 8.88. The van der Waals surface area contributed by atoms with Gasteiger partial charge in [-0.3, -0.25) is 0 Å². The molecule has 136 valence electrons. The van der Waals surface area contributed by atoms with Gasteiger partial charge in [-0.2, -0.15) is 0 Å². The maximum atomic E-state index is 10.2. The van der Waals surface area contributed by atoms with Crippen LogP contribution in [-0.4, -0.2) is 43.2 Å². The monoisotopic (exact) mass is 518 g/mol. The summed E-state index contributed by atoms with van der Waals surface area (Å²) >= 11 is 0. The third-order valence-corrected chi connectivity index (χ3v) is 6.97. The first-order valence-corrected chi connectivity index (χ1v) is 9.90. The Morgan fingerprint density at radius 3 is 2.22 bits per heavy atom. The Labute approximate surface area is 157 Å². The van der Waals surface area contributed by atoms with Crippen molar-refractivity contribution in [2.45, 2.75) is 52.7 Å². The van der Waals surface area contributed by atoms with Crippen molar-refractivity contribution in [3.05, 3.63) is 0 Å². The fraction of sp³-hybridized carbons (Fsp3) is 0.941. The molecule has 9 unspecified atom stereocenters. The van der Waals surface area contributed by atoms with Gasteiger partial charge in [-0.15, -0.1) is 0 Å². The topological polar surface area (TPSA) is 58.9 Å². The Bertz CT molecular complexity index is 452. The van der Waals surface area contributed by atoms with Gasteiger partial charge in [0.25, 0.3) is 0 Å². The standard InChI is InChI=1S/C17H33O4P.W/c1-10-7-15(16(19)12(10)3)9-20-22(5)21-17-13(4)11(2)6-14(17)8-18;/h10-19,22H,5-9H2,1-4H3;/i22T;. The van der Waals surface area contributed by atoms with E-state index in [0.29, 0.717) is 24.4 Å². The fourth-order valence-corrected chi connectivity index (χ4v) is 5.10. The molecule has 23 heavy (non-hydrogen) atoms. The zero-order chi connectivity index (χ0) is 17.4. The molecule has 0 aromatic rings. The van der Waals surface area contributed by atoms with Gasteiger partial charge in [0.2, 0.25) is 0 Å². The third kappa shape index (κ3) is 5.16. The summed E-state index contributed by atoms with van der Waals surface area (Å²) in [7, 11) is -2.95. The quantitative estimate of drug-likeness (QED) is 0.532. The molecule has 0 amide bonds. The predicted molar refractivity (Wildman–Crippen MR) is 92.2 cm³/mol. The minimum atomic E-state index is -2.95. The molecule has 4 nitrogen and oxygen atoms in total. The summed E-state index contributed by atoms with van der Waals surface area (Å²) in [4.78, 5) is 0. The van der Waals surface area contributed by atoms with E-state index in [1.165, 1.54) is 0 Å². The molecule has 0 spiro atoms. The van der Waals surface area contributed by atoms with E-state index in [1.54, 1.807) is 0 Å². The number of rotatable bonds is 6. The molecule has 0 bridgehead atoms. The largest absolute Gasteiger partial charge is 0.396 e. The fourth-order valence-electron chi connectivity index (χ4n) is 4.05. The Morgan fingerprint density at radius 2 is 1.70 bits per heavy atom. The first kappa shape index (κ1) is 20.1. The van der Waals surface area contributed by atoms with Crippen molar-refractivity contribution in [3.8, 4) is 0 Å².